The van der Waals surface area contributed by atoms with Crippen LogP contribution in [0.1, 0.15) is 19.3 Å². The molecule has 0 saturated carbocycles. The number of hydrogen-bond acceptors (Lipinski definition) is 3. The highest BCUT2D eigenvalue weighted by Gasteiger charge is 2.36. The van der Waals surface area contributed by atoms with Crippen molar-refractivity contribution >= 4 is 15.7 Å². The molecule has 4 rings (SSSR count). The molecule has 0 radical (unpaired) electrons. The summed E-state index contributed by atoms with van der Waals surface area (Å²) in [6, 6.07) is 14.3. The van der Waals surface area contributed by atoms with Crippen LogP contribution < -0.4 is 0 Å². The van der Waals surface area contributed by atoms with Crippen LogP contribution in [0.5, 0.6) is 0 Å². The van der Waals surface area contributed by atoms with Gasteiger partial charge in [0.25, 0.3) is 0 Å². The highest BCUT2D eigenvalue weighted by atomic mass is 32.2. The fourth-order valence-corrected chi connectivity index (χ4v) is 5.65. The van der Waals surface area contributed by atoms with Gasteiger partial charge in [0.1, 0.15) is 6.17 Å². The van der Waals surface area contributed by atoms with Gasteiger partial charge in [-0.2, -0.15) is 4.31 Å². The molecule has 152 valence electrons. The van der Waals surface area contributed by atoms with Gasteiger partial charge in [-0.1, -0.05) is 36.4 Å². The van der Waals surface area contributed by atoms with Crippen LogP contribution in [0.3, 0.4) is 0 Å². The van der Waals surface area contributed by atoms with Crippen molar-refractivity contribution in [2.75, 3.05) is 26.2 Å². The van der Waals surface area contributed by atoms with Gasteiger partial charge in [0.15, 0.2) is 5.69 Å². The molecule has 7 heteroatoms. The largest absolute Gasteiger partial charge is 0.299 e. The van der Waals surface area contributed by atoms with E-state index < -0.39 is 16.2 Å². The molecule has 1 atom stereocenters. The van der Waals surface area contributed by atoms with Crippen molar-refractivity contribution in [2.24, 2.45) is 0 Å². The van der Waals surface area contributed by atoms with E-state index in [0.717, 1.165) is 17.5 Å². The maximum absolute atomic E-state index is 13.4. The zero-order valence-corrected chi connectivity index (χ0v) is 17.0. The van der Waals surface area contributed by atoms with E-state index in [1.165, 1.54) is 0 Å². The van der Waals surface area contributed by atoms with Gasteiger partial charge in [-0.05, 0) is 42.5 Å². The van der Waals surface area contributed by atoms with Gasteiger partial charge in [0.2, 0.25) is 10.0 Å². The first kappa shape index (κ1) is 20.0. The first-order valence-corrected chi connectivity index (χ1v) is 11.4. The van der Waals surface area contributed by atoms with Gasteiger partial charge in [-0.3, -0.25) is 4.90 Å². The molecule has 0 aliphatic carbocycles. The van der Waals surface area contributed by atoms with Crippen molar-refractivity contribution < 1.29 is 12.8 Å². The maximum atomic E-state index is 13.4. The first-order chi connectivity index (χ1) is 14.0. The predicted octanol–water partition coefficient (Wildman–Crippen LogP) is 4.10. The minimum atomic E-state index is -3.54. The Morgan fingerprint density at radius 1 is 0.897 bits per heavy atom. The topological polar surface area (TPSA) is 45.0 Å². The molecule has 0 aromatic heterocycles. The number of sulfonamides is 1. The standard InChI is InChI=1S/C22H24FN3O2S/c1-24-20-6-2-17(3-7-20)18-4-8-22(9-5-18)29(27,28)26-15-12-21(16-26)25-13-10-19(23)11-14-25/h2-9,19,21H,10-16H2. The lowest BCUT2D eigenvalue weighted by atomic mass is 10.1. The molecule has 2 aromatic rings. The number of hydrogen-bond donors (Lipinski definition) is 0. The minimum absolute atomic E-state index is 0.178. The maximum Gasteiger partial charge on any atom is 0.243 e. The monoisotopic (exact) mass is 413 g/mol. The first-order valence-electron chi connectivity index (χ1n) is 9.93. The quantitative estimate of drug-likeness (QED) is 0.709. The van der Waals surface area contributed by atoms with Crippen molar-refractivity contribution in [1.29, 1.82) is 0 Å². The van der Waals surface area contributed by atoms with Gasteiger partial charge in [-0.25, -0.2) is 17.7 Å². The Kier molecular flexibility index (Phi) is 5.68. The summed E-state index contributed by atoms with van der Waals surface area (Å²) in [5.74, 6) is 0. The number of nitrogens with zero attached hydrogens (tertiary/aromatic N) is 3. The molecule has 2 saturated heterocycles. The average molecular weight is 414 g/mol. The van der Waals surface area contributed by atoms with Crippen LogP contribution in [-0.4, -0.2) is 56.0 Å². The normalized spacial score (nSPS) is 21.9. The minimum Gasteiger partial charge on any atom is -0.299 e. The Labute approximate surface area is 171 Å². The molecule has 2 fully saturated rings. The number of piperidine rings is 1. The molecular formula is C22H24FN3O2S. The smallest absolute Gasteiger partial charge is 0.243 e. The van der Waals surface area contributed by atoms with Gasteiger partial charge in [0, 0.05) is 32.2 Å². The molecule has 0 bridgehead atoms. The highest BCUT2D eigenvalue weighted by Crippen LogP contribution is 2.28. The number of likely N-dealkylation sites (tertiary alicyclic amines) is 1. The van der Waals surface area contributed by atoms with Gasteiger partial charge < -0.3 is 0 Å². The average Bonchev–Trinajstić information content (AvgIpc) is 3.26. The number of benzene rings is 2. The van der Waals surface area contributed by atoms with Gasteiger partial charge in [0.05, 0.1) is 11.5 Å². The second-order valence-electron chi connectivity index (χ2n) is 7.70. The molecule has 2 aromatic carbocycles. The molecule has 5 nitrogen and oxygen atoms in total. The molecule has 0 amide bonds. The van der Waals surface area contributed by atoms with Crippen molar-refractivity contribution in [3.05, 3.63) is 59.9 Å². The van der Waals surface area contributed by atoms with E-state index in [2.05, 4.69) is 9.74 Å². The van der Waals surface area contributed by atoms with Crippen LogP contribution in [0, 0.1) is 6.57 Å². The summed E-state index contributed by atoms with van der Waals surface area (Å²) in [5.41, 5.74) is 2.43. The van der Waals surface area contributed by atoms with E-state index >= 15 is 0 Å². The molecule has 2 heterocycles. The van der Waals surface area contributed by atoms with Crippen molar-refractivity contribution in [3.8, 4) is 11.1 Å². The van der Waals surface area contributed by atoms with Gasteiger partial charge >= 0.3 is 0 Å². The Hall–Kier alpha value is -2.27. The molecule has 2 aliphatic rings. The van der Waals surface area contributed by atoms with E-state index in [0.29, 0.717) is 49.6 Å². The van der Waals surface area contributed by atoms with Crippen LogP contribution in [0.4, 0.5) is 10.1 Å². The van der Waals surface area contributed by atoms with Crippen LogP contribution in [-0.2, 0) is 10.0 Å². The third kappa shape index (κ3) is 4.20. The van der Waals surface area contributed by atoms with E-state index in [4.69, 9.17) is 6.57 Å². The molecule has 0 N–H and O–H groups in total. The summed E-state index contributed by atoms with van der Waals surface area (Å²) in [6.07, 6.45) is 1.16. The molecule has 29 heavy (non-hydrogen) atoms. The van der Waals surface area contributed by atoms with Crippen molar-refractivity contribution in [2.45, 2.75) is 36.4 Å². The summed E-state index contributed by atoms with van der Waals surface area (Å²) in [6.45, 7) is 9.41. The van der Waals surface area contributed by atoms with E-state index in [9.17, 15) is 12.8 Å². The fraction of sp³-hybridized carbons (Fsp3) is 0.409. The summed E-state index contributed by atoms with van der Waals surface area (Å²) >= 11 is 0. The van der Waals surface area contributed by atoms with E-state index in [1.807, 2.05) is 12.1 Å². The Bertz CT molecular complexity index is 992. The van der Waals surface area contributed by atoms with Crippen LogP contribution >= 0.6 is 0 Å². The lowest BCUT2D eigenvalue weighted by Crippen LogP contribution is -2.43. The van der Waals surface area contributed by atoms with E-state index in [1.54, 1.807) is 40.7 Å². The zero-order valence-electron chi connectivity index (χ0n) is 16.2. The van der Waals surface area contributed by atoms with E-state index in [-0.39, 0.29) is 6.04 Å². The third-order valence-electron chi connectivity index (χ3n) is 5.92. The summed E-state index contributed by atoms with van der Waals surface area (Å²) < 4.78 is 41.1. The Balaban J connectivity index is 1.45. The zero-order chi connectivity index (χ0) is 20.4. The van der Waals surface area contributed by atoms with Crippen molar-refractivity contribution in [1.82, 2.24) is 9.21 Å². The fourth-order valence-electron chi connectivity index (χ4n) is 4.16. The SMILES string of the molecule is [C-]#[N+]c1ccc(-c2ccc(S(=O)(=O)N3CCC(N4CCC(F)CC4)C3)cc2)cc1. The number of halogens is 1. The molecule has 1 unspecified atom stereocenters. The molecular weight excluding hydrogens is 389 g/mol. The lowest BCUT2D eigenvalue weighted by molar-refractivity contribution is 0.116. The predicted molar refractivity (Wildman–Crippen MR) is 111 cm³/mol. The van der Waals surface area contributed by atoms with Crippen LogP contribution in [0.15, 0.2) is 53.4 Å². The van der Waals surface area contributed by atoms with Crippen LogP contribution in [0.2, 0.25) is 0 Å². The lowest BCUT2D eigenvalue weighted by Gasteiger charge is -2.33. The second kappa shape index (κ2) is 8.23. The molecule has 2 aliphatic heterocycles. The summed E-state index contributed by atoms with van der Waals surface area (Å²) in [7, 11) is -3.54. The third-order valence-corrected chi connectivity index (χ3v) is 7.80. The summed E-state index contributed by atoms with van der Waals surface area (Å²) in [5, 5.41) is 0. The highest BCUT2D eigenvalue weighted by molar-refractivity contribution is 7.89. The number of rotatable bonds is 4. The number of alkyl halides is 1. The van der Waals surface area contributed by atoms with Crippen molar-refractivity contribution in [3.63, 3.8) is 0 Å². The van der Waals surface area contributed by atoms with Crippen LogP contribution in [0.25, 0.3) is 16.0 Å². The summed E-state index contributed by atoms with van der Waals surface area (Å²) in [4.78, 5) is 5.91. The Morgan fingerprint density at radius 3 is 2.07 bits per heavy atom. The Morgan fingerprint density at radius 2 is 1.48 bits per heavy atom. The second-order valence-corrected chi connectivity index (χ2v) is 9.64. The molecule has 0 spiro atoms. The van der Waals surface area contributed by atoms with Gasteiger partial charge in [-0.15, -0.1) is 0 Å².